The lowest BCUT2D eigenvalue weighted by Gasteiger charge is -2.27. The van der Waals surface area contributed by atoms with Gasteiger partial charge in [0.15, 0.2) is 11.6 Å². The molecule has 0 fully saturated rings. The molecule has 150 valence electrons. The van der Waals surface area contributed by atoms with E-state index in [0.717, 1.165) is 28.7 Å². The second-order valence-electron chi connectivity index (χ2n) is 6.91. The fourth-order valence-electron chi connectivity index (χ4n) is 3.67. The van der Waals surface area contributed by atoms with Crippen molar-refractivity contribution in [2.24, 2.45) is 0 Å². The molecule has 0 saturated carbocycles. The molecule has 1 unspecified atom stereocenters. The van der Waals surface area contributed by atoms with Crippen LogP contribution in [0, 0.1) is 11.6 Å². The molecule has 0 saturated heterocycles. The Hall–Kier alpha value is -2.57. The molecular weight excluding hydrogens is 390 g/mol. The molecule has 0 amide bonds. The zero-order valence-corrected chi connectivity index (χ0v) is 17.1. The Morgan fingerprint density at radius 3 is 2.76 bits per heavy atom. The Morgan fingerprint density at radius 1 is 1.17 bits per heavy atom. The van der Waals surface area contributed by atoms with Crippen LogP contribution in [-0.4, -0.2) is 30.6 Å². The molecule has 1 aliphatic carbocycles. The molecule has 2 aromatic carbocycles. The monoisotopic (exact) mass is 412 g/mol. The smallest absolute Gasteiger partial charge is 0.168 e. The van der Waals surface area contributed by atoms with Gasteiger partial charge in [-0.1, -0.05) is 30.3 Å². The fourth-order valence-corrected chi connectivity index (χ4v) is 4.19. The summed E-state index contributed by atoms with van der Waals surface area (Å²) in [5, 5.41) is 3.32. The summed E-state index contributed by atoms with van der Waals surface area (Å²) in [7, 11) is 1.93. The van der Waals surface area contributed by atoms with Gasteiger partial charge in [0.1, 0.15) is 11.6 Å². The van der Waals surface area contributed by atoms with E-state index in [0.29, 0.717) is 12.3 Å². The van der Waals surface area contributed by atoms with Crippen molar-refractivity contribution in [1.82, 2.24) is 10.2 Å². The Morgan fingerprint density at radius 2 is 2.00 bits per heavy atom. The normalized spacial score (nSPS) is 18.1. The third-order valence-corrected chi connectivity index (χ3v) is 5.61. The molecule has 2 aliphatic rings. The SMILES string of the molecule is CNC1C=C(C2=CN(CSC)CC=C2Oc2ccc(F)cc2F)c2ccccc21. The second-order valence-corrected chi connectivity index (χ2v) is 7.75. The molecule has 1 N–H and O–H groups in total. The van der Waals surface area contributed by atoms with Gasteiger partial charge in [-0.15, -0.1) is 11.8 Å². The Balaban J connectivity index is 1.73. The van der Waals surface area contributed by atoms with Crippen molar-refractivity contribution in [3.8, 4) is 5.75 Å². The number of likely N-dealkylation sites (N-methyl/N-ethyl adjacent to an activating group) is 1. The zero-order valence-electron chi connectivity index (χ0n) is 16.3. The van der Waals surface area contributed by atoms with E-state index < -0.39 is 11.6 Å². The van der Waals surface area contributed by atoms with Crippen LogP contribution < -0.4 is 10.1 Å². The van der Waals surface area contributed by atoms with Crippen LogP contribution in [0.25, 0.3) is 5.57 Å². The van der Waals surface area contributed by atoms with E-state index in [2.05, 4.69) is 40.9 Å². The lowest BCUT2D eigenvalue weighted by Crippen LogP contribution is -2.23. The third-order valence-electron chi connectivity index (χ3n) is 5.02. The van der Waals surface area contributed by atoms with Crippen LogP contribution >= 0.6 is 11.8 Å². The molecule has 0 aromatic heterocycles. The number of nitrogens with one attached hydrogen (secondary N) is 1. The first kappa shape index (κ1) is 19.7. The van der Waals surface area contributed by atoms with E-state index in [1.54, 1.807) is 11.8 Å². The molecule has 0 bridgehead atoms. The standard InChI is InChI=1S/C23H22F2N2OS/c1-26-21-12-18(16-5-3-4-6-17(16)21)19-13-27(14-29-2)10-9-22(19)28-23-8-7-15(24)11-20(23)25/h3-9,11-13,21,26H,10,14H2,1-2H3. The van der Waals surface area contributed by atoms with Gasteiger partial charge in [0.2, 0.25) is 0 Å². The number of thioether (sulfide) groups is 1. The summed E-state index contributed by atoms with van der Waals surface area (Å²) >= 11 is 1.73. The van der Waals surface area contributed by atoms with Crippen LogP contribution in [0.3, 0.4) is 0 Å². The van der Waals surface area contributed by atoms with Gasteiger partial charge in [-0.2, -0.15) is 0 Å². The fraction of sp³-hybridized carbons (Fsp3) is 0.217. The predicted molar refractivity (Wildman–Crippen MR) is 114 cm³/mol. The summed E-state index contributed by atoms with van der Waals surface area (Å²) in [6.07, 6.45) is 8.23. The van der Waals surface area contributed by atoms with Gasteiger partial charge in [-0.3, -0.25) is 0 Å². The predicted octanol–water partition coefficient (Wildman–Crippen LogP) is 5.11. The number of benzene rings is 2. The van der Waals surface area contributed by atoms with Gasteiger partial charge in [0, 0.05) is 24.4 Å². The molecule has 1 atom stereocenters. The Kier molecular flexibility index (Phi) is 5.74. The zero-order chi connectivity index (χ0) is 20.4. The molecule has 1 aliphatic heterocycles. The largest absolute Gasteiger partial charge is 0.454 e. The van der Waals surface area contributed by atoms with E-state index in [-0.39, 0.29) is 11.8 Å². The second kappa shape index (κ2) is 8.43. The summed E-state index contributed by atoms with van der Waals surface area (Å²) in [5.41, 5.74) is 4.25. The maximum absolute atomic E-state index is 14.2. The number of ether oxygens (including phenoxy) is 1. The lowest BCUT2D eigenvalue weighted by molar-refractivity contribution is 0.383. The molecule has 3 nitrogen and oxygen atoms in total. The minimum atomic E-state index is -0.717. The molecular formula is C23H22F2N2OS. The number of halogens is 2. The first-order valence-corrected chi connectivity index (χ1v) is 10.8. The van der Waals surface area contributed by atoms with Gasteiger partial charge in [-0.25, -0.2) is 8.78 Å². The number of fused-ring (bicyclic) bond motifs is 1. The van der Waals surface area contributed by atoms with Crippen LogP contribution in [0.1, 0.15) is 17.2 Å². The highest BCUT2D eigenvalue weighted by atomic mass is 32.2. The van der Waals surface area contributed by atoms with E-state index in [4.69, 9.17) is 4.74 Å². The first-order valence-electron chi connectivity index (χ1n) is 9.37. The average molecular weight is 413 g/mol. The summed E-state index contributed by atoms with van der Waals surface area (Å²) in [6.45, 7) is 0.660. The van der Waals surface area contributed by atoms with Crippen LogP contribution in [-0.2, 0) is 0 Å². The lowest BCUT2D eigenvalue weighted by atomic mass is 9.96. The molecule has 6 heteroatoms. The minimum Gasteiger partial charge on any atom is -0.454 e. The average Bonchev–Trinajstić information content (AvgIpc) is 3.10. The summed E-state index contributed by atoms with van der Waals surface area (Å²) in [5.74, 6) is 0.0803. The van der Waals surface area contributed by atoms with Gasteiger partial charge >= 0.3 is 0 Å². The van der Waals surface area contributed by atoms with Crippen molar-refractivity contribution < 1.29 is 13.5 Å². The van der Waals surface area contributed by atoms with Gasteiger partial charge < -0.3 is 15.0 Å². The highest BCUT2D eigenvalue weighted by Gasteiger charge is 2.28. The van der Waals surface area contributed by atoms with Gasteiger partial charge in [0.05, 0.1) is 11.9 Å². The number of hydrogen-bond acceptors (Lipinski definition) is 4. The van der Waals surface area contributed by atoms with Crippen molar-refractivity contribution in [2.45, 2.75) is 6.04 Å². The Labute approximate surface area is 173 Å². The van der Waals surface area contributed by atoms with Gasteiger partial charge in [0.25, 0.3) is 0 Å². The quantitative estimate of drug-likeness (QED) is 0.713. The van der Waals surface area contributed by atoms with Crippen molar-refractivity contribution in [3.63, 3.8) is 0 Å². The van der Waals surface area contributed by atoms with Crippen LogP contribution in [0.2, 0.25) is 0 Å². The summed E-state index contributed by atoms with van der Waals surface area (Å²) < 4.78 is 33.4. The molecule has 1 heterocycles. The molecule has 2 aromatic rings. The molecule has 29 heavy (non-hydrogen) atoms. The molecule has 0 spiro atoms. The van der Waals surface area contributed by atoms with E-state index in [1.807, 2.05) is 25.3 Å². The summed E-state index contributed by atoms with van der Waals surface area (Å²) in [6, 6.07) is 11.7. The highest BCUT2D eigenvalue weighted by molar-refractivity contribution is 7.98. The van der Waals surface area contributed by atoms with Crippen molar-refractivity contribution in [2.75, 3.05) is 25.7 Å². The van der Waals surface area contributed by atoms with Crippen molar-refractivity contribution in [1.29, 1.82) is 0 Å². The van der Waals surface area contributed by atoms with E-state index in [1.165, 1.54) is 17.7 Å². The highest BCUT2D eigenvalue weighted by Crippen LogP contribution is 2.42. The summed E-state index contributed by atoms with van der Waals surface area (Å²) in [4.78, 5) is 2.18. The first-order chi connectivity index (χ1) is 14.1. The maximum Gasteiger partial charge on any atom is 0.168 e. The Bertz CT molecular complexity index is 1020. The van der Waals surface area contributed by atoms with Crippen LogP contribution in [0.15, 0.2) is 72.1 Å². The molecule has 4 rings (SSSR count). The molecule has 0 radical (unpaired) electrons. The number of nitrogens with zero attached hydrogens (tertiary/aromatic N) is 1. The third kappa shape index (κ3) is 3.95. The van der Waals surface area contributed by atoms with Crippen molar-refractivity contribution in [3.05, 3.63) is 94.9 Å². The number of allylic oxidation sites excluding steroid dienone is 1. The van der Waals surface area contributed by atoms with Crippen LogP contribution in [0.4, 0.5) is 8.78 Å². The van der Waals surface area contributed by atoms with Crippen molar-refractivity contribution >= 4 is 17.3 Å². The van der Waals surface area contributed by atoms with Gasteiger partial charge in [-0.05, 0) is 48.2 Å². The minimum absolute atomic E-state index is 0.0129. The number of hydrogen-bond donors (Lipinski definition) is 1. The van der Waals surface area contributed by atoms with E-state index in [9.17, 15) is 8.78 Å². The van der Waals surface area contributed by atoms with Crippen LogP contribution in [0.5, 0.6) is 5.75 Å². The number of rotatable bonds is 6. The van der Waals surface area contributed by atoms with E-state index >= 15 is 0 Å². The topological polar surface area (TPSA) is 24.5 Å². The maximum atomic E-state index is 14.2.